The molecular formula is C12H14O2. The lowest BCUT2D eigenvalue weighted by atomic mass is 10.1. The van der Waals surface area contributed by atoms with Gasteiger partial charge in [0, 0.05) is 13.3 Å². The maximum Gasteiger partial charge on any atom is 0.307 e. The second-order valence-electron chi connectivity index (χ2n) is 3.01. The summed E-state index contributed by atoms with van der Waals surface area (Å²) in [6, 6.07) is 9.91. The van der Waals surface area contributed by atoms with Crippen molar-refractivity contribution in [2.75, 3.05) is 0 Å². The first-order valence-electron chi connectivity index (χ1n) is 4.60. The van der Waals surface area contributed by atoms with Gasteiger partial charge in [0.25, 0.3) is 0 Å². The number of benzene rings is 1. The Kier molecular flexibility index (Phi) is 3.92. The van der Waals surface area contributed by atoms with Crippen molar-refractivity contribution in [1.29, 1.82) is 0 Å². The Balaban J connectivity index is 2.63. The van der Waals surface area contributed by atoms with Crippen LogP contribution >= 0.6 is 0 Å². The highest BCUT2D eigenvalue weighted by atomic mass is 16.5. The van der Waals surface area contributed by atoms with Crippen molar-refractivity contribution in [3.8, 4) is 0 Å². The SMILES string of the molecule is C/C=C(\Cc1ccccc1)OC(C)=O. The summed E-state index contributed by atoms with van der Waals surface area (Å²) in [6.45, 7) is 3.27. The largest absolute Gasteiger partial charge is 0.431 e. The molecule has 0 amide bonds. The second kappa shape index (κ2) is 5.22. The van der Waals surface area contributed by atoms with Gasteiger partial charge in [-0.1, -0.05) is 30.3 Å². The van der Waals surface area contributed by atoms with E-state index in [2.05, 4.69) is 0 Å². The summed E-state index contributed by atoms with van der Waals surface area (Å²) in [5, 5.41) is 0. The Bertz CT molecular complexity index is 325. The monoisotopic (exact) mass is 190 g/mol. The normalized spacial score (nSPS) is 11.1. The van der Waals surface area contributed by atoms with Gasteiger partial charge in [0.2, 0.25) is 0 Å². The quantitative estimate of drug-likeness (QED) is 0.541. The summed E-state index contributed by atoms with van der Waals surface area (Å²) < 4.78 is 5.03. The van der Waals surface area contributed by atoms with Crippen molar-refractivity contribution in [3.05, 3.63) is 47.7 Å². The summed E-state index contributed by atoms with van der Waals surface area (Å²) in [5.74, 6) is 0.428. The van der Waals surface area contributed by atoms with Crippen LogP contribution in [0.15, 0.2) is 42.2 Å². The lowest BCUT2D eigenvalue weighted by molar-refractivity contribution is -0.137. The molecule has 0 saturated heterocycles. The number of ether oxygens (including phenoxy) is 1. The molecule has 1 aromatic carbocycles. The van der Waals surface area contributed by atoms with E-state index in [0.717, 1.165) is 5.56 Å². The number of allylic oxidation sites excluding steroid dienone is 2. The van der Waals surface area contributed by atoms with Crippen molar-refractivity contribution in [3.63, 3.8) is 0 Å². The molecule has 0 aromatic heterocycles. The van der Waals surface area contributed by atoms with Crippen LogP contribution in [0.3, 0.4) is 0 Å². The lowest BCUT2D eigenvalue weighted by Gasteiger charge is -2.05. The molecule has 0 atom stereocenters. The van der Waals surface area contributed by atoms with Gasteiger partial charge in [0.1, 0.15) is 5.76 Å². The Morgan fingerprint density at radius 3 is 2.50 bits per heavy atom. The highest BCUT2D eigenvalue weighted by molar-refractivity contribution is 5.67. The van der Waals surface area contributed by atoms with Crippen LogP contribution in [0.1, 0.15) is 19.4 Å². The van der Waals surface area contributed by atoms with Crippen LogP contribution in [0.25, 0.3) is 0 Å². The lowest BCUT2D eigenvalue weighted by Crippen LogP contribution is -2.01. The first-order chi connectivity index (χ1) is 6.72. The molecule has 0 unspecified atom stereocenters. The van der Waals surface area contributed by atoms with E-state index < -0.39 is 0 Å². The van der Waals surface area contributed by atoms with Crippen molar-refractivity contribution in [1.82, 2.24) is 0 Å². The first-order valence-corrected chi connectivity index (χ1v) is 4.60. The van der Waals surface area contributed by atoms with Gasteiger partial charge in [-0.15, -0.1) is 0 Å². The summed E-state index contributed by atoms with van der Waals surface area (Å²) >= 11 is 0. The van der Waals surface area contributed by atoms with Crippen molar-refractivity contribution in [2.24, 2.45) is 0 Å². The second-order valence-corrected chi connectivity index (χ2v) is 3.01. The maximum absolute atomic E-state index is 10.7. The van der Waals surface area contributed by atoms with E-state index in [1.54, 1.807) is 0 Å². The number of hydrogen-bond acceptors (Lipinski definition) is 2. The zero-order valence-electron chi connectivity index (χ0n) is 8.49. The molecule has 0 fully saturated rings. The van der Waals surface area contributed by atoms with Crippen LogP contribution in [-0.2, 0) is 16.0 Å². The minimum absolute atomic E-state index is 0.269. The van der Waals surface area contributed by atoms with Crippen molar-refractivity contribution >= 4 is 5.97 Å². The Morgan fingerprint density at radius 2 is 2.00 bits per heavy atom. The molecule has 0 radical (unpaired) electrons. The summed E-state index contributed by atoms with van der Waals surface area (Å²) in [7, 11) is 0. The topological polar surface area (TPSA) is 26.3 Å². The summed E-state index contributed by atoms with van der Waals surface area (Å²) in [4.78, 5) is 10.7. The van der Waals surface area contributed by atoms with Gasteiger partial charge >= 0.3 is 5.97 Å². The molecule has 1 rings (SSSR count). The van der Waals surface area contributed by atoms with Crippen LogP contribution in [0.4, 0.5) is 0 Å². The predicted molar refractivity (Wildman–Crippen MR) is 55.7 cm³/mol. The fourth-order valence-corrected chi connectivity index (χ4v) is 1.18. The Hall–Kier alpha value is -1.57. The number of esters is 1. The smallest absolute Gasteiger partial charge is 0.307 e. The molecule has 0 saturated carbocycles. The van der Waals surface area contributed by atoms with Crippen LogP contribution in [0.5, 0.6) is 0 Å². The van der Waals surface area contributed by atoms with E-state index in [1.165, 1.54) is 6.92 Å². The minimum atomic E-state index is -0.269. The molecule has 0 heterocycles. The van der Waals surface area contributed by atoms with E-state index in [4.69, 9.17) is 4.74 Å². The maximum atomic E-state index is 10.7. The van der Waals surface area contributed by atoms with E-state index in [9.17, 15) is 4.79 Å². The third-order valence-electron chi connectivity index (χ3n) is 1.82. The van der Waals surface area contributed by atoms with Gasteiger partial charge in [-0.3, -0.25) is 4.79 Å². The minimum Gasteiger partial charge on any atom is -0.431 e. The number of carbonyl (C=O) groups excluding carboxylic acids is 1. The van der Waals surface area contributed by atoms with E-state index in [1.807, 2.05) is 43.3 Å². The summed E-state index contributed by atoms with van der Waals surface area (Å²) in [6.07, 6.45) is 2.48. The van der Waals surface area contributed by atoms with Crippen molar-refractivity contribution in [2.45, 2.75) is 20.3 Å². The van der Waals surface area contributed by atoms with Crippen molar-refractivity contribution < 1.29 is 9.53 Å². The van der Waals surface area contributed by atoms with Gasteiger partial charge in [-0.25, -0.2) is 0 Å². The standard InChI is InChI=1S/C12H14O2/c1-3-12(14-10(2)13)9-11-7-5-4-6-8-11/h3-8H,9H2,1-2H3/b12-3+. The Labute approximate surface area is 84.2 Å². The van der Waals surface area contributed by atoms with Crippen LogP contribution in [0, 0.1) is 0 Å². The van der Waals surface area contributed by atoms with E-state index >= 15 is 0 Å². The molecule has 2 nitrogen and oxygen atoms in total. The zero-order valence-corrected chi connectivity index (χ0v) is 8.49. The molecule has 1 aromatic rings. The zero-order chi connectivity index (χ0) is 10.4. The fraction of sp³-hybridized carbons (Fsp3) is 0.250. The van der Waals surface area contributed by atoms with E-state index in [-0.39, 0.29) is 5.97 Å². The molecule has 0 aliphatic heterocycles. The van der Waals surface area contributed by atoms with E-state index in [0.29, 0.717) is 12.2 Å². The fourth-order valence-electron chi connectivity index (χ4n) is 1.18. The summed E-state index contributed by atoms with van der Waals surface area (Å²) in [5.41, 5.74) is 1.14. The highest BCUT2D eigenvalue weighted by Crippen LogP contribution is 2.08. The predicted octanol–water partition coefficient (Wildman–Crippen LogP) is 2.70. The molecule has 14 heavy (non-hydrogen) atoms. The average molecular weight is 190 g/mol. The van der Waals surface area contributed by atoms with Gasteiger partial charge in [-0.05, 0) is 18.6 Å². The third-order valence-corrected chi connectivity index (χ3v) is 1.82. The molecule has 74 valence electrons. The molecule has 0 bridgehead atoms. The molecule has 0 aliphatic rings. The molecule has 0 N–H and O–H groups in total. The van der Waals surface area contributed by atoms with Gasteiger partial charge in [0.05, 0.1) is 0 Å². The van der Waals surface area contributed by atoms with Gasteiger partial charge in [0.15, 0.2) is 0 Å². The third kappa shape index (κ3) is 3.44. The molecular weight excluding hydrogens is 176 g/mol. The number of rotatable bonds is 3. The van der Waals surface area contributed by atoms with Gasteiger partial charge in [-0.2, -0.15) is 0 Å². The molecule has 0 spiro atoms. The number of carbonyl (C=O) groups is 1. The van der Waals surface area contributed by atoms with Crippen LogP contribution in [0.2, 0.25) is 0 Å². The highest BCUT2D eigenvalue weighted by Gasteiger charge is 2.01. The molecule has 2 heteroatoms. The van der Waals surface area contributed by atoms with Gasteiger partial charge < -0.3 is 4.74 Å². The van der Waals surface area contributed by atoms with Crippen LogP contribution < -0.4 is 0 Å². The number of hydrogen-bond donors (Lipinski definition) is 0. The first kappa shape index (κ1) is 10.5. The average Bonchev–Trinajstić information content (AvgIpc) is 2.17. The van der Waals surface area contributed by atoms with Crippen LogP contribution in [-0.4, -0.2) is 5.97 Å². The Morgan fingerprint density at radius 1 is 1.36 bits per heavy atom. The molecule has 0 aliphatic carbocycles.